The zero-order valence-electron chi connectivity index (χ0n) is 11.5. The first-order chi connectivity index (χ1) is 8.97. The van der Waals surface area contributed by atoms with Gasteiger partial charge in [-0.05, 0) is 0 Å². The summed E-state index contributed by atoms with van der Waals surface area (Å²) >= 11 is 0. The van der Waals surface area contributed by atoms with E-state index in [1.54, 1.807) is 28.7 Å². The molecule has 0 saturated heterocycles. The molecule has 2 heterocycles. The van der Waals surface area contributed by atoms with Gasteiger partial charge in [0.1, 0.15) is 11.5 Å². The van der Waals surface area contributed by atoms with E-state index in [0.717, 1.165) is 5.82 Å². The Hall–Kier alpha value is -2.18. The molecule has 2 aromatic heterocycles. The Kier molecular flexibility index (Phi) is 3.37. The van der Waals surface area contributed by atoms with Gasteiger partial charge >= 0.3 is 5.69 Å². The number of aryl methyl sites for hydroxylation is 2. The van der Waals surface area contributed by atoms with Gasteiger partial charge in [-0.3, -0.25) is 14.7 Å². The number of nitro groups is 1. The molecule has 2 aromatic rings. The zero-order chi connectivity index (χ0) is 14.2. The van der Waals surface area contributed by atoms with Crippen LogP contribution in [0.2, 0.25) is 0 Å². The molecule has 0 aliphatic rings. The number of aromatic nitrogens is 4. The number of rotatable bonds is 4. The molecule has 0 bridgehead atoms. The topological polar surface area (TPSA) is 78.8 Å². The molecule has 7 nitrogen and oxygen atoms in total. The molecule has 0 radical (unpaired) electrons. The highest BCUT2D eigenvalue weighted by molar-refractivity contribution is 5.53. The standard InChI is InChI=1S/C12H17N5O2/c1-5-9-13-6-7-16(9)12-11(17(18)19)10(8(2)3)14-15(12)4/h6-8H,5H2,1-4H3. The highest BCUT2D eigenvalue weighted by atomic mass is 16.6. The molecule has 0 atom stereocenters. The van der Waals surface area contributed by atoms with Crippen molar-refractivity contribution >= 4 is 5.69 Å². The van der Waals surface area contributed by atoms with Crippen LogP contribution in [0.4, 0.5) is 5.69 Å². The quantitative estimate of drug-likeness (QED) is 0.625. The molecule has 0 aliphatic carbocycles. The fourth-order valence-corrected chi connectivity index (χ4v) is 2.15. The highest BCUT2D eigenvalue weighted by Crippen LogP contribution is 2.32. The van der Waals surface area contributed by atoms with Crippen LogP contribution in [-0.4, -0.2) is 24.3 Å². The average Bonchev–Trinajstić information content (AvgIpc) is 2.91. The SMILES string of the molecule is CCc1nccn1-c1c([N+](=O)[O-])c(C(C)C)nn1C. The summed E-state index contributed by atoms with van der Waals surface area (Å²) in [4.78, 5) is 15.2. The van der Waals surface area contributed by atoms with E-state index in [2.05, 4.69) is 10.1 Å². The van der Waals surface area contributed by atoms with Crippen LogP contribution in [0, 0.1) is 10.1 Å². The van der Waals surface area contributed by atoms with Crippen molar-refractivity contribution in [2.45, 2.75) is 33.1 Å². The third-order valence-electron chi connectivity index (χ3n) is 3.01. The first kappa shape index (κ1) is 13.3. The predicted molar refractivity (Wildman–Crippen MR) is 70.5 cm³/mol. The number of hydrogen-bond acceptors (Lipinski definition) is 4. The lowest BCUT2D eigenvalue weighted by Crippen LogP contribution is -2.07. The molecule has 102 valence electrons. The van der Waals surface area contributed by atoms with Gasteiger partial charge in [-0.1, -0.05) is 20.8 Å². The van der Waals surface area contributed by atoms with Crippen LogP contribution in [-0.2, 0) is 13.5 Å². The van der Waals surface area contributed by atoms with Gasteiger partial charge in [0.25, 0.3) is 0 Å². The summed E-state index contributed by atoms with van der Waals surface area (Å²) in [5.74, 6) is 1.23. The minimum Gasteiger partial charge on any atom is -0.282 e. The van der Waals surface area contributed by atoms with Gasteiger partial charge in [0.2, 0.25) is 5.82 Å². The van der Waals surface area contributed by atoms with E-state index < -0.39 is 0 Å². The lowest BCUT2D eigenvalue weighted by molar-refractivity contribution is -0.385. The second kappa shape index (κ2) is 4.83. The van der Waals surface area contributed by atoms with Crippen LogP contribution >= 0.6 is 0 Å². The van der Waals surface area contributed by atoms with Crippen LogP contribution in [0.1, 0.15) is 38.2 Å². The molecule has 0 fully saturated rings. The Morgan fingerprint density at radius 2 is 2.16 bits per heavy atom. The van der Waals surface area contributed by atoms with Crippen molar-refractivity contribution in [3.8, 4) is 5.82 Å². The zero-order valence-corrected chi connectivity index (χ0v) is 11.5. The maximum Gasteiger partial charge on any atom is 0.335 e. The second-order valence-corrected chi connectivity index (χ2v) is 4.66. The summed E-state index contributed by atoms with van der Waals surface area (Å²) in [6, 6.07) is 0. The van der Waals surface area contributed by atoms with Gasteiger partial charge in [-0.25, -0.2) is 9.67 Å². The molecular weight excluding hydrogens is 246 g/mol. The Morgan fingerprint density at radius 3 is 2.68 bits per heavy atom. The lowest BCUT2D eigenvalue weighted by atomic mass is 10.1. The van der Waals surface area contributed by atoms with Gasteiger partial charge in [-0.15, -0.1) is 0 Å². The summed E-state index contributed by atoms with van der Waals surface area (Å²) < 4.78 is 3.28. The fraction of sp³-hybridized carbons (Fsp3) is 0.500. The van der Waals surface area contributed by atoms with Crippen molar-refractivity contribution in [1.29, 1.82) is 0 Å². The third kappa shape index (κ3) is 2.11. The normalized spacial score (nSPS) is 11.2. The fourth-order valence-electron chi connectivity index (χ4n) is 2.15. The molecule has 0 spiro atoms. The number of imidazole rings is 1. The Bertz CT molecular complexity index is 612. The highest BCUT2D eigenvalue weighted by Gasteiger charge is 2.30. The molecule has 0 amide bonds. The summed E-state index contributed by atoms with van der Waals surface area (Å²) in [6.45, 7) is 5.76. The van der Waals surface area contributed by atoms with E-state index in [-0.39, 0.29) is 16.5 Å². The summed E-state index contributed by atoms with van der Waals surface area (Å²) in [7, 11) is 1.72. The molecule has 19 heavy (non-hydrogen) atoms. The van der Waals surface area contributed by atoms with Gasteiger partial charge < -0.3 is 0 Å². The van der Waals surface area contributed by atoms with Crippen LogP contribution in [0.15, 0.2) is 12.4 Å². The first-order valence-corrected chi connectivity index (χ1v) is 6.21. The Morgan fingerprint density at radius 1 is 1.47 bits per heavy atom. The Balaban J connectivity index is 2.73. The van der Waals surface area contributed by atoms with E-state index in [1.807, 2.05) is 20.8 Å². The van der Waals surface area contributed by atoms with Crippen molar-refractivity contribution in [2.75, 3.05) is 0 Å². The van der Waals surface area contributed by atoms with Crippen molar-refractivity contribution in [1.82, 2.24) is 19.3 Å². The minimum absolute atomic E-state index is 0.00560. The van der Waals surface area contributed by atoms with Crippen LogP contribution in [0.3, 0.4) is 0 Å². The van der Waals surface area contributed by atoms with Crippen LogP contribution < -0.4 is 0 Å². The van der Waals surface area contributed by atoms with Gasteiger partial charge in [0, 0.05) is 31.8 Å². The monoisotopic (exact) mass is 263 g/mol. The summed E-state index contributed by atoms with van der Waals surface area (Å²) in [6.07, 6.45) is 4.07. The van der Waals surface area contributed by atoms with E-state index in [9.17, 15) is 10.1 Å². The van der Waals surface area contributed by atoms with Crippen molar-refractivity contribution in [2.24, 2.45) is 7.05 Å². The number of nitrogens with zero attached hydrogens (tertiary/aromatic N) is 5. The molecule has 0 aromatic carbocycles. The molecule has 0 aliphatic heterocycles. The second-order valence-electron chi connectivity index (χ2n) is 4.66. The van der Waals surface area contributed by atoms with E-state index in [4.69, 9.17) is 0 Å². The van der Waals surface area contributed by atoms with E-state index in [1.165, 1.54) is 0 Å². The smallest absolute Gasteiger partial charge is 0.282 e. The lowest BCUT2D eigenvalue weighted by Gasteiger charge is -2.05. The summed E-state index contributed by atoms with van der Waals surface area (Å²) in [5, 5.41) is 15.7. The van der Waals surface area contributed by atoms with Gasteiger partial charge in [0.15, 0.2) is 0 Å². The van der Waals surface area contributed by atoms with Crippen LogP contribution in [0.25, 0.3) is 5.82 Å². The minimum atomic E-state index is -0.364. The molecule has 0 N–H and O–H groups in total. The number of hydrogen-bond donors (Lipinski definition) is 0. The molecule has 0 saturated carbocycles. The molecule has 0 unspecified atom stereocenters. The molecule has 2 rings (SSSR count). The van der Waals surface area contributed by atoms with E-state index in [0.29, 0.717) is 17.9 Å². The molecular formula is C12H17N5O2. The van der Waals surface area contributed by atoms with Crippen molar-refractivity contribution < 1.29 is 4.92 Å². The van der Waals surface area contributed by atoms with Crippen molar-refractivity contribution in [3.05, 3.63) is 34.0 Å². The van der Waals surface area contributed by atoms with Gasteiger partial charge in [0.05, 0.1) is 4.92 Å². The third-order valence-corrected chi connectivity index (χ3v) is 3.01. The average molecular weight is 263 g/mol. The summed E-state index contributed by atoms with van der Waals surface area (Å²) in [5.41, 5.74) is 0.559. The van der Waals surface area contributed by atoms with E-state index >= 15 is 0 Å². The van der Waals surface area contributed by atoms with Gasteiger partial charge in [-0.2, -0.15) is 5.10 Å². The largest absolute Gasteiger partial charge is 0.335 e. The maximum atomic E-state index is 11.4. The Labute approximate surface area is 111 Å². The first-order valence-electron chi connectivity index (χ1n) is 6.21. The predicted octanol–water partition coefficient (Wildman–Crippen LogP) is 2.20. The van der Waals surface area contributed by atoms with Crippen LogP contribution in [0.5, 0.6) is 0 Å². The van der Waals surface area contributed by atoms with Crippen molar-refractivity contribution in [3.63, 3.8) is 0 Å². The molecule has 7 heteroatoms. The maximum absolute atomic E-state index is 11.4.